The summed E-state index contributed by atoms with van der Waals surface area (Å²) < 4.78 is 47.0. The van der Waals surface area contributed by atoms with E-state index in [0.717, 1.165) is 22.0 Å². The van der Waals surface area contributed by atoms with Crippen molar-refractivity contribution in [2.75, 3.05) is 18.0 Å². The molecule has 3 aromatic rings. The molecule has 10 heteroatoms. The van der Waals surface area contributed by atoms with Crippen LogP contribution in [0.4, 0.5) is 10.1 Å². The van der Waals surface area contributed by atoms with Gasteiger partial charge in [0, 0.05) is 12.6 Å². The fraction of sp³-hybridized carbons (Fsp3) is 0.286. The molecule has 1 atom stereocenters. The van der Waals surface area contributed by atoms with E-state index in [-0.39, 0.29) is 29.1 Å². The van der Waals surface area contributed by atoms with E-state index in [2.05, 4.69) is 5.32 Å². The second-order valence-corrected chi connectivity index (χ2v) is 10.9. The maximum absolute atomic E-state index is 13.8. The predicted octanol–water partition coefficient (Wildman–Crippen LogP) is 3.97. The first kappa shape index (κ1) is 28.6. The van der Waals surface area contributed by atoms with Gasteiger partial charge in [-0.2, -0.15) is 0 Å². The van der Waals surface area contributed by atoms with Gasteiger partial charge in [-0.1, -0.05) is 30.3 Å². The maximum atomic E-state index is 13.8. The van der Waals surface area contributed by atoms with Crippen LogP contribution >= 0.6 is 0 Å². The standard InChI is InChI=1S/C28H32FN3O5S/c1-20(2)30-28(34)21(3)31(18-22-10-16-25(37-4)17-11-22)27(33)19-32(24-14-12-23(29)13-15-24)38(35,36)26-8-6-5-7-9-26/h5-17,20-21H,18-19H2,1-4H3,(H,30,34)/t21-/m0/s1. The topological polar surface area (TPSA) is 96.0 Å². The molecule has 0 aliphatic rings. The SMILES string of the molecule is COc1ccc(CN(C(=O)CN(c2ccc(F)cc2)S(=O)(=O)c2ccccc2)[C@@H](C)C(=O)NC(C)C)cc1. The van der Waals surface area contributed by atoms with Crippen molar-refractivity contribution in [2.24, 2.45) is 0 Å². The number of ether oxygens (including phenoxy) is 1. The van der Waals surface area contributed by atoms with Gasteiger partial charge in [0.1, 0.15) is 24.2 Å². The second kappa shape index (κ2) is 12.6. The molecule has 0 saturated carbocycles. The molecule has 0 bridgehead atoms. The molecule has 2 amide bonds. The molecular weight excluding hydrogens is 509 g/mol. The van der Waals surface area contributed by atoms with Gasteiger partial charge in [0.2, 0.25) is 11.8 Å². The second-order valence-electron chi connectivity index (χ2n) is 9.01. The van der Waals surface area contributed by atoms with Crippen molar-refractivity contribution in [1.29, 1.82) is 0 Å². The number of carbonyl (C=O) groups excluding carboxylic acids is 2. The number of nitrogens with one attached hydrogen (secondary N) is 1. The molecule has 0 radical (unpaired) electrons. The van der Waals surface area contributed by atoms with E-state index in [1.54, 1.807) is 56.5 Å². The molecule has 0 unspecified atom stereocenters. The largest absolute Gasteiger partial charge is 0.497 e. The van der Waals surface area contributed by atoms with E-state index < -0.39 is 34.3 Å². The Hall–Kier alpha value is -3.92. The Labute approximate surface area is 223 Å². The summed E-state index contributed by atoms with van der Waals surface area (Å²) in [5.41, 5.74) is 0.842. The Kier molecular flexibility index (Phi) is 9.46. The first-order valence-corrected chi connectivity index (χ1v) is 13.5. The number of methoxy groups -OCH3 is 1. The molecule has 0 aromatic heterocycles. The highest BCUT2D eigenvalue weighted by Crippen LogP contribution is 2.25. The molecule has 202 valence electrons. The summed E-state index contributed by atoms with van der Waals surface area (Å²) in [4.78, 5) is 28.0. The summed E-state index contributed by atoms with van der Waals surface area (Å²) in [7, 11) is -2.65. The molecule has 0 spiro atoms. The minimum atomic E-state index is -4.20. The summed E-state index contributed by atoms with van der Waals surface area (Å²) in [6.07, 6.45) is 0. The molecule has 0 saturated heterocycles. The number of halogens is 1. The van der Waals surface area contributed by atoms with Crippen LogP contribution in [0, 0.1) is 5.82 Å². The van der Waals surface area contributed by atoms with Gasteiger partial charge in [-0.15, -0.1) is 0 Å². The monoisotopic (exact) mass is 541 g/mol. The van der Waals surface area contributed by atoms with E-state index in [0.29, 0.717) is 5.75 Å². The van der Waals surface area contributed by atoms with Crippen LogP contribution in [0.5, 0.6) is 5.75 Å². The van der Waals surface area contributed by atoms with Crippen LogP contribution < -0.4 is 14.4 Å². The molecule has 0 aliphatic carbocycles. The van der Waals surface area contributed by atoms with Crippen LogP contribution in [0.3, 0.4) is 0 Å². The zero-order valence-electron chi connectivity index (χ0n) is 21.8. The highest BCUT2D eigenvalue weighted by Gasteiger charge is 2.32. The Morgan fingerprint density at radius 1 is 0.921 bits per heavy atom. The average molecular weight is 542 g/mol. The van der Waals surface area contributed by atoms with Crippen molar-refractivity contribution < 1.29 is 27.1 Å². The van der Waals surface area contributed by atoms with Gasteiger partial charge < -0.3 is 15.0 Å². The lowest BCUT2D eigenvalue weighted by Gasteiger charge is -2.32. The summed E-state index contributed by atoms with van der Waals surface area (Å²) in [6, 6.07) is 18.5. The van der Waals surface area contributed by atoms with Crippen LogP contribution in [-0.4, -0.2) is 50.9 Å². The molecular formula is C28H32FN3O5S. The number of amides is 2. The molecule has 8 nitrogen and oxygen atoms in total. The van der Waals surface area contributed by atoms with Gasteiger partial charge in [0.15, 0.2) is 0 Å². The number of hydrogen-bond acceptors (Lipinski definition) is 5. The zero-order valence-corrected chi connectivity index (χ0v) is 22.6. The van der Waals surface area contributed by atoms with Gasteiger partial charge in [0.25, 0.3) is 10.0 Å². The summed E-state index contributed by atoms with van der Waals surface area (Å²) in [5.74, 6) is -0.886. The van der Waals surface area contributed by atoms with Gasteiger partial charge in [-0.05, 0) is 74.9 Å². The van der Waals surface area contributed by atoms with E-state index >= 15 is 0 Å². The maximum Gasteiger partial charge on any atom is 0.264 e. The highest BCUT2D eigenvalue weighted by molar-refractivity contribution is 7.92. The number of carbonyl (C=O) groups is 2. The fourth-order valence-electron chi connectivity index (χ4n) is 3.77. The highest BCUT2D eigenvalue weighted by atomic mass is 32.2. The van der Waals surface area contributed by atoms with Gasteiger partial charge in [0.05, 0.1) is 17.7 Å². The molecule has 0 fully saturated rings. The quantitative estimate of drug-likeness (QED) is 0.396. The summed E-state index contributed by atoms with van der Waals surface area (Å²) in [5, 5.41) is 2.80. The first-order valence-electron chi connectivity index (χ1n) is 12.1. The molecule has 3 aromatic carbocycles. The summed E-state index contributed by atoms with van der Waals surface area (Å²) >= 11 is 0. The number of sulfonamides is 1. The first-order chi connectivity index (χ1) is 18.0. The van der Waals surface area contributed by atoms with E-state index in [1.165, 1.54) is 29.2 Å². The van der Waals surface area contributed by atoms with E-state index in [4.69, 9.17) is 4.74 Å². The predicted molar refractivity (Wildman–Crippen MR) is 144 cm³/mol. The van der Waals surface area contributed by atoms with Crippen molar-refractivity contribution in [3.05, 3.63) is 90.2 Å². The lowest BCUT2D eigenvalue weighted by atomic mass is 10.1. The van der Waals surface area contributed by atoms with Crippen LogP contribution in [0.25, 0.3) is 0 Å². The number of benzene rings is 3. The summed E-state index contributed by atoms with van der Waals surface area (Å²) in [6.45, 7) is 4.66. The molecule has 0 aliphatic heterocycles. The Bertz CT molecular complexity index is 1330. The lowest BCUT2D eigenvalue weighted by molar-refractivity contribution is -0.139. The third-order valence-corrected chi connectivity index (χ3v) is 7.62. The fourth-order valence-corrected chi connectivity index (χ4v) is 5.21. The third-order valence-electron chi connectivity index (χ3n) is 5.83. The smallest absolute Gasteiger partial charge is 0.264 e. The Morgan fingerprint density at radius 3 is 2.08 bits per heavy atom. The zero-order chi connectivity index (χ0) is 27.9. The Morgan fingerprint density at radius 2 is 1.53 bits per heavy atom. The lowest BCUT2D eigenvalue weighted by Crippen LogP contribution is -2.52. The third kappa shape index (κ3) is 7.10. The van der Waals surface area contributed by atoms with Crippen molar-refractivity contribution in [3.8, 4) is 5.75 Å². The van der Waals surface area contributed by atoms with Crippen LogP contribution in [0.15, 0.2) is 83.8 Å². The Balaban J connectivity index is 2.00. The van der Waals surface area contributed by atoms with Gasteiger partial charge in [-0.25, -0.2) is 12.8 Å². The average Bonchev–Trinajstić information content (AvgIpc) is 2.90. The molecule has 0 heterocycles. The van der Waals surface area contributed by atoms with Crippen LogP contribution in [0.2, 0.25) is 0 Å². The van der Waals surface area contributed by atoms with Crippen LogP contribution in [0.1, 0.15) is 26.3 Å². The molecule has 38 heavy (non-hydrogen) atoms. The molecule has 1 N–H and O–H groups in total. The number of nitrogens with zero attached hydrogens (tertiary/aromatic N) is 2. The minimum absolute atomic E-state index is 0.0237. The van der Waals surface area contributed by atoms with E-state index in [1.807, 2.05) is 13.8 Å². The van der Waals surface area contributed by atoms with E-state index in [9.17, 15) is 22.4 Å². The normalized spacial score (nSPS) is 12.1. The van der Waals surface area contributed by atoms with Crippen molar-refractivity contribution in [1.82, 2.24) is 10.2 Å². The molecule has 3 rings (SSSR count). The number of rotatable bonds is 11. The number of hydrogen-bond donors (Lipinski definition) is 1. The van der Waals surface area contributed by atoms with Crippen molar-refractivity contribution in [3.63, 3.8) is 0 Å². The van der Waals surface area contributed by atoms with Gasteiger partial charge in [-0.3, -0.25) is 13.9 Å². The van der Waals surface area contributed by atoms with Crippen LogP contribution in [-0.2, 0) is 26.2 Å². The number of anilines is 1. The van der Waals surface area contributed by atoms with Gasteiger partial charge >= 0.3 is 0 Å². The van der Waals surface area contributed by atoms with Crippen molar-refractivity contribution >= 4 is 27.5 Å². The van der Waals surface area contributed by atoms with Crippen molar-refractivity contribution in [2.45, 2.75) is 44.3 Å². The minimum Gasteiger partial charge on any atom is -0.497 e.